The number of nitrogens with one attached hydrogen (secondary N) is 1. The molecule has 0 aromatic carbocycles. The summed E-state index contributed by atoms with van der Waals surface area (Å²) in [4.78, 5) is 8.32. The number of nitrogens with zero attached hydrogens (tertiary/aromatic N) is 4. The molecule has 7 heteroatoms. The van der Waals surface area contributed by atoms with Crippen LogP contribution in [0, 0.1) is 0 Å². The van der Waals surface area contributed by atoms with E-state index in [0.29, 0.717) is 17.5 Å². The van der Waals surface area contributed by atoms with Crippen LogP contribution in [0.15, 0.2) is 6.20 Å². The summed E-state index contributed by atoms with van der Waals surface area (Å²) in [6.45, 7) is -0.223. The molecule has 1 aliphatic rings. The standard InChI is InChI=1S/C11H14ClN5O/c12-11-15-9(14-7-3-1-2-4-7)8-5-13-17(6-18)10(8)16-11/h5,7,18H,1-4,6H2,(H,14,15,16). The lowest BCUT2D eigenvalue weighted by molar-refractivity contribution is 0.199. The molecule has 0 saturated heterocycles. The fraction of sp³-hybridized carbons (Fsp3) is 0.545. The molecule has 0 amide bonds. The Balaban J connectivity index is 2.01. The van der Waals surface area contributed by atoms with Crippen molar-refractivity contribution in [1.82, 2.24) is 19.7 Å². The molecule has 18 heavy (non-hydrogen) atoms. The molecule has 96 valence electrons. The first-order valence-corrected chi connectivity index (χ1v) is 6.42. The molecule has 0 spiro atoms. The first-order valence-electron chi connectivity index (χ1n) is 6.04. The van der Waals surface area contributed by atoms with Gasteiger partial charge < -0.3 is 10.4 Å². The molecular formula is C11H14ClN5O. The van der Waals surface area contributed by atoms with Crippen LogP contribution < -0.4 is 5.32 Å². The van der Waals surface area contributed by atoms with E-state index in [0.717, 1.165) is 18.2 Å². The Morgan fingerprint density at radius 2 is 2.17 bits per heavy atom. The van der Waals surface area contributed by atoms with Crippen LogP contribution in [0.3, 0.4) is 0 Å². The Hall–Kier alpha value is -1.40. The molecule has 1 fully saturated rings. The van der Waals surface area contributed by atoms with E-state index in [2.05, 4.69) is 20.4 Å². The summed E-state index contributed by atoms with van der Waals surface area (Å²) in [5, 5.41) is 17.6. The largest absolute Gasteiger partial charge is 0.374 e. The first-order chi connectivity index (χ1) is 8.78. The summed E-state index contributed by atoms with van der Waals surface area (Å²) in [6.07, 6.45) is 6.44. The molecule has 2 heterocycles. The van der Waals surface area contributed by atoms with E-state index in [4.69, 9.17) is 16.7 Å². The lowest BCUT2D eigenvalue weighted by Gasteiger charge is -2.13. The minimum absolute atomic E-state index is 0.165. The van der Waals surface area contributed by atoms with Gasteiger partial charge in [0.2, 0.25) is 5.28 Å². The number of rotatable bonds is 3. The average Bonchev–Trinajstić information content (AvgIpc) is 2.97. The Bertz CT molecular complexity index is 564. The molecule has 1 aliphatic carbocycles. The fourth-order valence-corrected chi connectivity index (χ4v) is 2.57. The fourth-order valence-electron chi connectivity index (χ4n) is 2.41. The van der Waals surface area contributed by atoms with Gasteiger partial charge in [-0.15, -0.1) is 0 Å². The van der Waals surface area contributed by atoms with Crippen LogP contribution in [0.25, 0.3) is 11.0 Å². The Morgan fingerprint density at radius 3 is 2.89 bits per heavy atom. The maximum Gasteiger partial charge on any atom is 0.226 e. The third-order valence-corrected chi connectivity index (χ3v) is 3.47. The zero-order valence-corrected chi connectivity index (χ0v) is 10.6. The summed E-state index contributed by atoms with van der Waals surface area (Å²) in [6, 6.07) is 0.441. The van der Waals surface area contributed by atoms with Crippen molar-refractivity contribution < 1.29 is 5.11 Å². The third kappa shape index (κ3) is 2.02. The SMILES string of the molecule is OCn1ncc2c(NC3CCCC3)nc(Cl)nc21. The lowest BCUT2D eigenvalue weighted by atomic mass is 10.2. The Kier molecular flexibility index (Phi) is 3.05. The summed E-state index contributed by atoms with van der Waals surface area (Å²) in [7, 11) is 0. The van der Waals surface area contributed by atoms with Gasteiger partial charge >= 0.3 is 0 Å². The number of aliphatic hydroxyl groups excluding tert-OH is 1. The summed E-state index contributed by atoms with van der Waals surface area (Å²) in [5.74, 6) is 0.705. The predicted octanol–water partition coefficient (Wildman–Crippen LogP) is 1.78. The van der Waals surface area contributed by atoms with Gasteiger partial charge in [-0.1, -0.05) is 12.8 Å². The van der Waals surface area contributed by atoms with Crippen molar-refractivity contribution in [1.29, 1.82) is 0 Å². The van der Waals surface area contributed by atoms with Crippen molar-refractivity contribution in [2.75, 3.05) is 5.32 Å². The van der Waals surface area contributed by atoms with Crippen molar-refractivity contribution in [3.8, 4) is 0 Å². The summed E-state index contributed by atoms with van der Waals surface area (Å²) < 4.78 is 1.39. The van der Waals surface area contributed by atoms with Crippen molar-refractivity contribution >= 4 is 28.5 Å². The molecule has 0 radical (unpaired) electrons. The van der Waals surface area contributed by atoms with Gasteiger partial charge in [-0.2, -0.15) is 15.1 Å². The van der Waals surface area contributed by atoms with Crippen molar-refractivity contribution in [3.63, 3.8) is 0 Å². The highest BCUT2D eigenvalue weighted by Gasteiger charge is 2.18. The second kappa shape index (κ2) is 4.70. The number of aromatic nitrogens is 4. The van der Waals surface area contributed by atoms with Crippen molar-refractivity contribution in [2.24, 2.45) is 0 Å². The van der Waals surface area contributed by atoms with E-state index in [9.17, 15) is 0 Å². The smallest absolute Gasteiger partial charge is 0.226 e. The number of aliphatic hydroxyl groups is 1. The van der Waals surface area contributed by atoms with Crippen LogP contribution in [-0.4, -0.2) is 30.9 Å². The molecule has 3 rings (SSSR count). The number of anilines is 1. The molecule has 2 N–H and O–H groups in total. The van der Waals surface area contributed by atoms with Gasteiger partial charge in [0.25, 0.3) is 0 Å². The highest BCUT2D eigenvalue weighted by molar-refractivity contribution is 6.28. The molecule has 6 nitrogen and oxygen atoms in total. The van der Waals surface area contributed by atoms with Gasteiger partial charge in [0.05, 0.1) is 11.6 Å². The maximum atomic E-state index is 9.17. The minimum Gasteiger partial charge on any atom is -0.374 e. The molecule has 0 bridgehead atoms. The zero-order chi connectivity index (χ0) is 12.5. The molecule has 1 saturated carbocycles. The second-order valence-electron chi connectivity index (χ2n) is 4.49. The van der Waals surface area contributed by atoms with Gasteiger partial charge in [0.1, 0.15) is 12.5 Å². The van der Waals surface area contributed by atoms with E-state index < -0.39 is 0 Å². The highest BCUT2D eigenvalue weighted by atomic mass is 35.5. The molecule has 2 aromatic rings. The van der Waals surface area contributed by atoms with E-state index in [1.807, 2.05) is 0 Å². The number of hydrogen-bond donors (Lipinski definition) is 2. The van der Waals surface area contributed by atoms with Crippen LogP contribution in [0.5, 0.6) is 0 Å². The van der Waals surface area contributed by atoms with Gasteiger partial charge in [-0.25, -0.2) is 4.68 Å². The molecule has 0 unspecified atom stereocenters. The van der Waals surface area contributed by atoms with Crippen LogP contribution in [0.4, 0.5) is 5.82 Å². The van der Waals surface area contributed by atoms with Crippen molar-refractivity contribution in [3.05, 3.63) is 11.5 Å². The maximum absolute atomic E-state index is 9.17. The third-order valence-electron chi connectivity index (χ3n) is 3.30. The molecule has 0 atom stereocenters. The summed E-state index contributed by atoms with van der Waals surface area (Å²) in [5.41, 5.74) is 0.554. The van der Waals surface area contributed by atoms with E-state index in [1.165, 1.54) is 17.5 Å². The van der Waals surface area contributed by atoms with E-state index in [-0.39, 0.29) is 12.0 Å². The average molecular weight is 268 g/mol. The van der Waals surface area contributed by atoms with Gasteiger partial charge in [-0.3, -0.25) is 0 Å². The summed E-state index contributed by atoms with van der Waals surface area (Å²) >= 11 is 5.91. The van der Waals surface area contributed by atoms with E-state index in [1.54, 1.807) is 6.20 Å². The molecular weight excluding hydrogens is 254 g/mol. The Morgan fingerprint density at radius 1 is 1.39 bits per heavy atom. The van der Waals surface area contributed by atoms with Crippen molar-refractivity contribution in [2.45, 2.75) is 38.5 Å². The van der Waals surface area contributed by atoms with Gasteiger partial charge in [0.15, 0.2) is 5.65 Å². The zero-order valence-electron chi connectivity index (χ0n) is 9.80. The molecule has 2 aromatic heterocycles. The number of halogens is 1. The monoisotopic (exact) mass is 267 g/mol. The van der Waals surface area contributed by atoms with Crippen LogP contribution in [-0.2, 0) is 6.73 Å². The Labute approximate surface area is 109 Å². The van der Waals surface area contributed by atoms with Gasteiger partial charge in [-0.05, 0) is 24.4 Å². The predicted molar refractivity (Wildman–Crippen MR) is 68.4 cm³/mol. The topological polar surface area (TPSA) is 75.9 Å². The highest BCUT2D eigenvalue weighted by Crippen LogP contribution is 2.26. The normalized spacial score (nSPS) is 16.6. The lowest BCUT2D eigenvalue weighted by Crippen LogP contribution is -2.16. The van der Waals surface area contributed by atoms with Crippen LogP contribution >= 0.6 is 11.6 Å². The molecule has 0 aliphatic heterocycles. The van der Waals surface area contributed by atoms with E-state index >= 15 is 0 Å². The number of hydrogen-bond acceptors (Lipinski definition) is 5. The minimum atomic E-state index is -0.223. The first kappa shape index (κ1) is 11.7. The second-order valence-corrected chi connectivity index (χ2v) is 4.83. The van der Waals surface area contributed by atoms with Crippen LogP contribution in [0.2, 0.25) is 5.28 Å². The van der Waals surface area contributed by atoms with Crippen LogP contribution in [0.1, 0.15) is 25.7 Å². The number of fused-ring (bicyclic) bond motifs is 1. The quantitative estimate of drug-likeness (QED) is 0.829. The van der Waals surface area contributed by atoms with Gasteiger partial charge in [0, 0.05) is 6.04 Å².